The van der Waals surface area contributed by atoms with Crippen LogP contribution < -0.4 is 0 Å². The lowest BCUT2D eigenvalue weighted by Gasteiger charge is -2.22. The lowest BCUT2D eigenvalue weighted by Crippen LogP contribution is -2.25. The number of hydrogen-bond donors (Lipinski definition) is 0. The van der Waals surface area contributed by atoms with Crippen molar-refractivity contribution in [2.75, 3.05) is 6.54 Å². The molecule has 0 unspecified atom stereocenters. The molecule has 1 heterocycles. The minimum absolute atomic E-state index is 0.949. The van der Waals surface area contributed by atoms with Gasteiger partial charge in [0, 0.05) is 32.0 Å². The highest BCUT2D eigenvalue weighted by molar-refractivity contribution is 5.17. The van der Waals surface area contributed by atoms with E-state index in [4.69, 9.17) is 0 Å². The molecule has 3 aromatic rings. The Morgan fingerprint density at radius 2 is 1.13 bits per heavy atom. The van der Waals surface area contributed by atoms with E-state index >= 15 is 0 Å². The van der Waals surface area contributed by atoms with Gasteiger partial charge < -0.3 is 0 Å². The summed E-state index contributed by atoms with van der Waals surface area (Å²) < 4.78 is 0. The van der Waals surface area contributed by atoms with E-state index in [1.807, 2.05) is 12.4 Å². The van der Waals surface area contributed by atoms with Gasteiger partial charge in [-0.15, -0.1) is 0 Å². The molecule has 0 radical (unpaired) electrons. The molecule has 0 aliphatic heterocycles. The Morgan fingerprint density at radius 1 is 0.609 bits per heavy atom. The summed E-state index contributed by atoms with van der Waals surface area (Å²) in [7, 11) is 0. The van der Waals surface area contributed by atoms with E-state index in [2.05, 4.69) is 82.7 Å². The third-order valence-electron chi connectivity index (χ3n) is 3.96. The molecule has 116 valence electrons. The Hall–Kier alpha value is -2.45. The lowest BCUT2D eigenvalue weighted by molar-refractivity contribution is 0.260. The summed E-state index contributed by atoms with van der Waals surface area (Å²) in [4.78, 5) is 6.61. The molecule has 0 bridgehead atoms. The van der Waals surface area contributed by atoms with Crippen molar-refractivity contribution in [2.45, 2.75) is 19.5 Å². The van der Waals surface area contributed by atoms with E-state index in [9.17, 15) is 0 Å². The largest absolute Gasteiger partial charge is 0.295 e. The van der Waals surface area contributed by atoms with Gasteiger partial charge in [-0.25, -0.2) is 0 Å². The van der Waals surface area contributed by atoms with Gasteiger partial charge in [0.15, 0.2) is 0 Å². The van der Waals surface area contributed by atoms with Gasteiger partial charge >= 0.3 is 0 Å². The van der Waals surface area contributed by atoms with Crippen LogP contribution in [-0.4, -0.2) is 16.4 Å². The third kappa shape index (κ3) is 5.04. The standard InChI is InChI=1S/C21H22N2/c1-3-7-19(8-4-1)13-16-23(17-20-9-5-2-6-10-20)18-21-11-14-22-15-12-21/h1-12,14-15H,13,16-18H2. The van der Waals surface area contributed by atoms with Crippen LogP contribution in [0.25, 0.3) is 0 Å². The van der Waals surface area contributed by atoms with Crippen LogP contribution in [0.15, 0.2) is 85.2 Å². The monoisotopic (exact) mass is 302 g/mol. The van der Waals surface area contributed by atoms with E-state index in [-0.39, 0.29) is 0 Å². The van der Waals surface area contributed by atoms with Crippen LogP contribution in [-0.2, 0) is 19.5 Å². The Balaban J connectivity index is 1.67. The van der Waals surface area contributed by atoms with Crippen LogP contribution in [0.3, 0.4) is 0 Å². The van der Waals surface area contributed by atoms with Crippen molar-refractivity contribution in [2.24, 2.45) is 0 Å². The molecule has 0 aliphatic carbocycles. The number of nitrogens with zero attached hydrogens (tertiary/aromatic N) is 2. The fraction of sp³-hybridized carbons (Fsp3) is 0.190. The van der Waals surface area contributed by atoms with Gasteiger partial charge in [-0.2, -0.15) is 0 Å². The zero-order chi connectivity index (χ0) is 15.7. The summed E-state index contributed by atoms with van der Waals surface area (Å²) in [5, 5.41) is 0. The van der Waals surface area contributed by atoms with Crippen LogP contribution in [0.2, 0.25) is 0 Å². The van der Waals surface area contributed by atoms with Crippen LogP contribution in [0, 0.1) is 0 Å². The van der Waals surface area contributed by atoms with Crippen molar-refractivity contribution in [1.29, 1.82) is 0 Å². The molecule has 0 spiro atoms. The predicted octanol–water partition coefficient (Wildman–Crippen LogP) is 4.33. The first-order valence-corrected chi connectivity index (χ1v) is 8.09. The predicted molar refractivity (Wildman–Crippen MR) is 94.9 cm³/mol. The molecule has 0 N–H and O–H groups in total. The van der Waals surface area contributed by atoms with Crippen LogP contribution >= 0.6 is 0 Å². The quantitative estimate of drug-likeness (QED) is 0.646. The molecule has 1 aromatic heterocycles. The number of hydrogen-bond acceptors (Lipinski definition) is 2. The lowest BCUT2D eigenvalue weighted by atomic mass is 10.1. The first-order valence-electron chi connectivity index (χ1n) is 8.09. The minimum Gasteiger partial charge on any atom is -0.295 e. The molecule has 0 saturated heterocycles. The van der Waals surface area contributed by atoms with E-state index in [0.29, 0.717) is 0 Å². The normalized spacial score (nSPS) is 10.8. The molecule has 0 atom stereocenters. The molecule has 3 rings (SSSR count). The fourth-order valence-corrected chi connectivity index (χ4v) is 2.73. The molecule has 0 aliphatic rings. The maximum Gasteiger partial charge on any atom is 0.0271 e. The molecule has 23 heavy (non-hydrogen) atoms. The Labute approximate surface area is 138 Å². The van der Waals surface area contributed by atoms with Gasteiger partial charge in [0.05, 0.1) is 0 Å². The first-order chi connectivity index (χ1) is 11.4. The fourth-order valence-electron chi connectivity index (χ4n) is 2.73. The second-order valence-corrected chi connectivity index (χ2v) is 5.79. The van der Waals surface area contributed by atoms with Crippen LogP contribution in [0.4, 0.5) is 0 Å². The molecule has 0 saturated carbocycles. The van der Waals surface area contributed by atoms with Crippen molar-refractivity contribution < 1.29 is 0 Å². The number of pyridine rings is 1. The van der Waals surface area contributed by atoms with Crippen molar-refractivity contribution in [3.63, 3.8) is 0 Å². The maximum atomic E-state index is 4.11. The van der Waals surface area contributed by atoms with Crippen molar-refractivity contribution in [3.8, 4) is 0 Å². The molecule has 0 amide bonds. The number of aromatic nitrogens is 1. The molecule has 0 fully saturated rings. The molecule has 2 heteroatoms. The molecule has 2 nitrogen and oxygen atoms in total. The average Bonchev–Trinajstić information content (AvgIpc) is 2.62. The van der Waals surface area contributed by atoms with E-state index in [1.54, 1.807) is 0 Å². The SMILES string of the molecule is c1ccc(CCN(Cc2ccccc2)Cc2ccncc2)cc1. The Morgan fingerprint density at radius 3 is 1.74 bits per heavy atom. The Kier molecular flexibility index (Phi) is 5.54. The van der Waals surface area contributed by atoms with E-state index < -0.39 is 0 Å². The van der Waals surface area contributed by atoms with Gasteiger partial charge in [0.1, 0.15) is 0 Å². The summed E-state index contributed by atoms with van der Waals surface area (Å²) >= 11 is 0. The van der Waals surface area contributed by atoms with Gasteiger partial charge in [-0.1, -0.05) is 60.7 Å². The van der Waals surface area contributed by atoms with Crippen LogP contribution in [0.1, 0.15) is 16.7 Å². The second kappa shape index (κ2) is 8.25. The maximum absolute atomic E-state index is 4.11. The average molecular weight is 302 g/mol. The summed E-state index contributed by atoms with van der Waals surface area (Å²) in [6.45, 7) is 2.96. The highest BCUT2D eigenvalue weighted by Crippen LogP contribution is 2.11. The van der Waals surface area contributed by atoms with Crippen LogP contribution in [0.5, 0.6) is 0 Å². The summed E-state index contributed by atoms with van der Waals surface area (Å²) in [6.07, 6.45) is 4.80. The Bertz CT molecular complexity index is 639. The van der Waals surface area contributed by atoms with Gasteiger partial charge in [-0.3, -0.25) is 9.88 Å². The number of benzene rings is 2. The van der Waals surface area contributed by atoms with Gasteiger partial charge in [0.25, 0.3) is 0 Å². The third-order valence-corrected chi connectivity index (χ3v) is 3.96. The summed E-state index contributed by atoms with van der Waals surface area (Å²) in [6, 6.07) is 25.6. The highest BCUT2D eigenvalue weighted by atomic mass is 15.1. The number of rotatable bonds is 7. The van der Waals surface area contributed by atoms with E-state index in [1.165, 1.54) is 16.7 Å². The smallest absolute Gasteiger partial charge is 0.0271 e. The van der Waals surface area contributed by atoms with Gasteiger partial charge in [-0.05, 0) is 35.2 Å². The zero-order valence-corrected chi connectivity index (χ0v) is 13.3. The topological polar surface area (TPSA) is 16.1 Å². The first kappa shape index (κ1) is 15.4. The van der Waals surface area contributed by atoms with Crippen molar-refractivity contribution >= 4 is 0 Å². The summed E-state index contributed by atoms with van der Waals surface area (Å²) in [5.74, 6) is 0. The molecular weight excluding hydrogens is 280 g/mol. The summed E-state index contributed by atoms with van der Waals surface area (Å²) in [5.41, 5.74) is 4.05. The molecular formula is C21H22N2. The van der Waals surface area contributed by atoms with Gasteiger partial charge in [0.2, 0.25) is 0 Å². The van der Waals surface area contributed by atoms with E-state index in [0.717, 1.165) is 26.1 Å². The zero-order valence-electron chi connectivity index (χ0n) is 13.3. The minimum atomic E-state index is 0.949. The highest BCUT2D eigenvalue weighted by Gasteiger charge is 2.07. The van der Waals surface area contributed by atoms with Crippen molar-refractivity contribution in [1.82, 2.24) is 9.88 Å². The molecule has 2 aromatic carbocycles. The second-order valence-electron chi connectivity index (χ2n) is 5.79. The van der Waals surface area contributed by atoms with Crippen molar-refractivity contribution in [3.05, 3.63) is 102 Å².